The lowest BCUT2D eigenvalue weighted by atomic mass is 10.1. The zero-order chi connectivity index (χ0) is 16.6. The number of hydrogen-bond donors (Lipinski definition) is 0. The molecule has 0 bridgehead atoms. The van der Waals surface area contributed by atoms with Crippen LogP contribution in [0.15, 0.2) is 17.1 Å². The predicted molar refractivity (Wildman–Crippen MR) is 76.8 cm³/mol. The zero-order valence-corrected chi connectivity index (χ0v) is 12.3. The minimum atomic E-state index is -1.10. The highest BCUT2D eigenvalue weighted by Crippen LogP contribution is 2.32. The van der Waals surface area contributed by atoms with Crippen LogP contribution in [0, 0.1) is 15.9 Å². The Morgan fingerprint density at radius 3 is 2.73 bits per heavy atom. The maximum absolute atomic E-state index is 14.2. The SMILES string of the molecule is CCOC(=O)c1cn(C)c2c(F)c(Cl)c([N+](=O)[O-])cc2c1=O. The average molecular weight is 329 g/mol. The van der Waals surface area contributed by atoms with Gasteiger partial charge in [-0.2, -0.15) is 0 Å². The van der Waals surface area contributed by atoms with Crippen LogP contribution < -0.4 is 5.43 Å². The Kier molecular flexibility index (Phi) is 4.14. The fourth-order valence-corrected chi connectivity index (χ4v) is 2.28. The van der Waals surface area contributed by atoms with E-state index >= 15 is 0 Å². The molecule has 0 aliphatic heterocycles. The van der Waals surface area contributed by atoms with Crippen molar-refractivity contribution < 1.29 is 18.8 Å². The Bertz CT molecular complexity index is 862. The second kappa shape index (κ2) is 5.72. The minimum absolute atomic E-state index is 0.0507. The summed E-state index contributed by atoms with van der Waals surface area (Å²) in [5, 5.41) is 9.87. The van der Waals surface area contributed by atoms with Crippen LogP contribution in [0.25, 0.3) is 10.9 Å². The van der Waals surface area contributed by atoms with Crippen LogP contribution in [0.4, 0.5) is 10.1 Å². The Morgan fingerprint density at radius 2 is 2.18 bits per heavy atom. The van der Waals surface area contributed by atoms with Crippen molar-refractivity contribution in [1.29, 1.82) is 0 Å². The first-order chi connectivity index (χ1) is 10.3. The third-order valence-electron chi connectivity index (χ3n) is 3.02. The van der Waals surface area contributed by atoms with E-state index in [0.717, 1.165) is 16.8 Å². The molecule has 1 heterocycles. The summed E-state index contributed by atoms with van der Waals surface area (Å²) in [5.74, 6) is -1.98. The number of carbonyl (C=O) groups excluding carboxylic acids is 1. The third-order valence-corrected chi connectivity index (χ3v) is 3.38. The molecule has 0 amide bonds. The van der Waals surface area contributed by atoms with Gasteiger partial charge in [-0.25, -0.2) is 9.18 Å². The molecule has 0 unspecified atom stereocenters. The number of nitrogens with zero attached hydrogens (tertiary/aromatic N) is 2. The van der Waals surface area contributed by atoms with Crippen molar-refractivity contribution in [3.8, 4) is 0 Å². The molecule has 116 valence electrons. The number of pyridine rings is 1. The van der Waals surface area contributed by atoms with Crippen molar-refractivity contribution in [1.82, 2.24) is 4.57 Å². The van der Waals surface area contributed by atoms with E-state index in [1.165, 1.54) is 7.05 Å². The number of nitro groups is 1. The van der Waals surface area contributed by atoms with Crippen LogP contribution in [-0.2, 0) is 11.8 Å². The summed E-state index contributed by atoms with van der Waals surface area (Å²) in [6.45, 7) is 1.61. The summed E-state index contributed by atoms with van der Waals surface area (Å²) >= 11 is 5.62. The summed E-state index contributed by atoms with van der Waals surface area (Å²) in [4.78, 5) is 34.0. The van der Waals surface area contributed by atoms with Gasteiger partial charge in [-0.3, -0.25) is 14.9 Å². The predicted octanol–water partition coefficient (Wildman–Crippen LogP) is 2.42. The summed E-state index contributed by atoms with van der Waals surface area (Å²) in [5.41, 5.74) is -2.17. The number of nitro benzene ring substituents is 1. The minimum Gasteiger partial charge on any atom is -0.462 e. The van der Waals surface area contributed by atoms with Gasteiger partial charge in [-0.15, -0.1) is 0 Å². The largest absolute Gasteiger partial charge is 0.462 e. The van der Waals surface area contributed by atoms with Gasteiger partial charge in [0.2, 0.25) is 5.43 Å². The molecule has 1 aromatic carbocycles. The van der Waals surface area contributed by atoms with Gasteiger partial charge < -0.3 is 9.30 Å². The highest BCUT2D eigenvalue weighted by atomic mass is 35.5. The smallest absolute Gasteiger partial charge is 0.343 e. The lowest BCUT2D eigenvalue weighted by molar-refractivity contribution is -0.384. The number of carbonyl (C=O) groups is 1. The van der Waals surface area contributed by atoms with Gasteiger partial charge in [0.05, 0.1) is 22.4 Å². The maximum atomic E-state index is 14.2. The van der Waals surface area contributed by atoms with Gasteiger partial charge in [-0.1, -0.05) is 11.6 Å². The summed E-state index contributed by atoms with van der Waals surface area (Å²) in [6, 6.07) is 0.853. The van der Waals surface area contributed by atoms with E-state index in [0.29, 0.717) is 0 Å². The third kappa shape index (κ3) is 2.41. The van der Waals surface area contributed by atoms with E-state index in [2.05, 4.69) is 0 Å². The van der Waals surface area contributed by atoms with Crippen molar-refractivity contribution in [2.24, 2.45) is 7.05 Å². The highest BCUT2D eigenvalue weighted by molar-refractivity contribution is 6.33. The number of esters is 1. The Hall–Kier alpha value is -2.48. The van der Waals surface area contributed by atoms with Crippen molar-refractivity contribution in [3.63, 3.8) is 0 Å². The summed E-state index contributed by atoms with van der Waals surface area (Å²) < 4.78 is 20.1. The van der Waals surface area contributed by atoms with Crippen LogP contribution >= 0.6 is 11.6 Å². The summed E-state index contributed by atoms with van der Waals surface area (Å²) in [6.07, 6.45) is 1.11. The van der Waals surface area contributed by atoms with Gasteiger partial charge in [0.1, 0.15) is 5.56 Å². The van der Waals surface area contributed by atoms with E-state index in [9.17, 15) is 24.1 Å². The molecule has 0 saturated carbocycles. The van der Waals surface area contributed by atoms with Gasteiger partial charge in [-0.05, 0) is 6.92 Å². The number of aromatic nitrogens is 1. The van der Waals surface area contributed by atoms with Crippen LogP contribution in [-0.4, -0.2) is 22.1 Å². The van der Waals surface area contributed by atoms with Crippen molar-refractivity contribution in [3.05, 3.63) is 49.0 Å². The second-order valence-corrected chi connectivity index (χ2v) is 4.76. The zero-order valence-electron chi connectivity index (χ0n) is 11.6. The van der Waals surface area contributed by atoms with Crippen molar-refractivity contribution >= 4 is 34.2 Å². The lowest BCUT2D eigenvalue weighted by Crippen LogP contribution is -2.21. The molecule has 22 heavy (non-hydrogen) atoms. The quantitative estimate of drug-likeness (QED) is 0.490. The van der Waals surface area contributed by atoms with Crippen LogP contribution in [0.1, 0.15) is 17.3 Å². The molecule has 2 aromatic rings. The molecule has 0 N–H and O–H groups in total. The van der Waals surface area contributed by atoms with Gasteiger partial charge >= 0.3 is 5.97 Å². The molecule has 0 aliphatic rings. The number of ether oxygens (including phenoxy) is 1. The molecule has 0 spiro atoms. The maximum Gasteiger partial charge on any atom is 0.343 e. The number of aryl methyl sites for hydroxylation is 1. The Balaban J connectivity index is 2.92. The molecular formula is C13H10ClFN2O5. The molecule has 0 atom stereocenters. The molecule has 0 radical (unpaired) electrons. The van der Waals surface area contributed by atoms with E-state index < -0.39 is 32.8 Å². The number of fused-ring (bicyclic) bond motifs is 1. The monoisotopic (exact) mass is 328 g/mol. The van der Waals surface area contributed by atoms with Crippen LogP contribution in [0.3, 0.4) is 0 Å². The van der Waals surface area contributed by atoms with E-state index in [1.54, 1.807) is 6.92 Å². The molecular weight excluding hydrogens is 319 g/mol. The van der Waals surface area contributed by atoms with E-state index in [1.807, 2.05) is 0 Å². The Labute approximate surface area is 128 Å². The Morgan fingerprint density at radius 1 is 1.55 bits per heavy atom. The molecule has 9 heteroatoms. The van der Waals surface area contributed by atoms with E-state index in [4.69, 9.17) is 16.3 Å². The fraction of sp³-hybridized carbons (Fsp3) is 0.231. The van der Waals surface area contributed by atoms with Crippen molar-refractivity contribution in [2.75, 3.05) is 6.61 Å². The first kappa shape index (κ1) is 15.9. The number of rotatable bonds is 3. The average Bonchev–Trinajstić information content (AvgIpc) is 2.45. The van der Waals surface area contributed by atoms with E-state index in [-0.39, 0.29) is 23.1 Å². The van der Waals surface area contributed by atoms with Crippen LogP contribution in [0.2, 0.25) is 5.02 Å². The summed E-state index contributed by atoms with van der Waals surface area (Å²) in [7, 11) is 1.38. The van der Waals surface area contributed by atoms with Gasteiger partial charge in [0, 0.05) is 19.3 Å². The normalized spacial score (nSPS) is 10.7. The van der Waals surface area contributed by atoms with Gasteiger partial charge in [0.25, 0.3) is 5.69 Å². The molecule has 7 nitrogen and oxygen atoms in total. The molecule has 0 fully saturated rings. The number of halogens is 2. The molecule has 2 rings (SSSR count). The standard InChI is InChI=1S/C13H10ClFN2O5/c1-3-22-13(19)7-5-16(2)11-6(12(7)18)4-8(17(20)21)9(14)10(11)15/h4-5H,3H2,1-2H3. The highest BCUT2D eigenvalue weighted by Gasteiger charge is 2.25. The van der Waals surface area contributed by atoms with Gasteiger partial charge in [0.15, 0.2) is 10.8 Å². The number of hydrogen-bond acceptors (Lipinski definition) is 5. The number of benzene rings is 1. The molecule has 1 aromatic heterocycles. The first-order valence-electron chi connectivity index (χ1n) is 6.12. The van der Waals surface area contributed by atoms with Crippen LogP contribution in [0.5, 0.6) is 0 Å². The molecule has 0 aliphatic carbocycles. The fourth-order valence-electron chi connectivity index (χ4n) is 2.07. The lowest BCUT2D eigenvalue weighted by Gasteiger charge is -2.10. The second-order valence-electron chi connectivity index (χ2n) is 4.38. The van der Waals surface area contributed by atoms with Crippen molar-refractivity contribution in [2.45, 2.75) is 6.92 Å². The first-order valence-corrected chi connectivity index (χ1v) is 6.50. The topological polar surface area (TPSA) is 91.4 Å². The molecule has 0 saturated heterocycles.